The van der Waals surface area contributed by atoms with Crippen molar-refractivity contribution < 1.29 is 14.3 Å². The minimum Gasteiger partial charge on any atom is -0.497 e. The molecule has 2 heterocycles. The number of thiocarbonyl (C=S) groups is 1. The summed E-state index contributed by atoms with van der Waals surface area (Å²) in [7, 11) is 4.93. The third-order valence-electron chi connectivity index (χ3n) is 4.69. The minimum absolute atomic E-state index is 0.0352. The average Bonchev–Trinajstić information content (AvgIpc) is 3.08. The van der Waals surface area contributed by atoms with Crippen LogP contribution in [0.2, 0.25) is 0 Å². The molecule has 150 valence electrons. The van der Waals surface area contributed by atoms with Crippen LogP contribution < -0.4 is 20.1 Å². The number of aryl methyl sites for hydroxylation is 1. The van der Waals surface area contributed by atoms with Gasteiger partial charge in [-0.3, -0.25) is 9.48 Å². The summed E-state index contributed by atoms with van der Waals surface area (Å²) in [6.45, 7) is 1.55. The van der Waals surface area contributed by atoms with Crippen LogP contribution in [0.15, 0.2) is 24.4 Å². The van der Waals surface area contributed by atoms with E-state index < -0.39 is 0 Å². The molecule has 1 aliphatic rings. The number of nitrogens with zero attached hydrogens (tertiary/aromatic N) is 3. The van der Waals surface area contributed by atoms with E-state index in [2.05, 4.69) is 15.7 Å². The van der Waals surface area contributed by atoms with Crippen molar-refractivity contribution in [3.05, 3.63) is 30.1 Å². The molecule has 1 amide bonds. The van der Waals surface area contributed by atoms with Gasteiger partial charge in [-0.25, -0.2) is 0 Å². The van der Waals surface area contributed by atoms with Gasteiger partial charge in [-0.1, -0.05) is 0 Å². The molecule has 0 bridgehead atoms. The van der Waals surface area contributed by atoms with Gasteiger partial charge in [0.25, 0.3) is 5.91 Å². The molecular formula is C19H25N5O3S. The Morgan fingerprint density at radius 1 is 1.11 bits per heavy atom. The Morgan fingerprint density at radius 3 is 2.50 bits per heavy atom. The topological polar surface area (TPSA) is 80.7 Å². The molecule has 1 aliphatic heterocycles. The van der Waals surface area contributed by atoms with Gasteiger partial charge in [-0.2, -0.15) is 5.10 Å². The summed E-state index contributed by atoms with van der Waals surface area (Å²) in [5, 5.41) is 10.7. The number of anilines is 2. The highest BCUT2D eigenvalue weighted by molar-refractivity contribution is 7.80. The maximum atomic E-state index is 12.9. The highest BCUT2D eigenvalue weighted by Crippen LogP contribution is 2.29. The van der Waals surface area contributed by atoms with E-state index in [0.29, 0.717) is 33.7 Å². The fourth-order valence-electron chi connectivity index (χ4n) is 3.21. The third-order valence-corrected chi connectivity index (χ3v) is 4.89. The number of methoxy groups -OCH3 is 2. The van der Waals surface area contributed by atoms with Crippen LogP contribution in [0, 0.1) is 0 Å². The normalized spacial score (nSPS) is 13.8. The Bertz CT molecular complexity index is 861. The molecular weight excluding hydrogens is 378 g/mol. The predicted octanol–water partition coefficient (Wildman–Crippen LogP) is 2.87. The van der Waals surface area contributed by atoms with E-state index in [1.165, 1.54) is 0 Å². The molecule has 1 saturated heterocycles. The van der Waals surface area contributed by atoms with Crippen LogP contribution >= 0.6 is 12.2 Å². The first-order valence-corrected chi connectivity index (χ1v) is 9.55. The summed E-state index contributed by atoms with van der Waals surface area (Å²) in [4.78, 5) is 14.8. The molecule has 1 fully saturated rings. The van der Waals surface area contributed by atoms with Gasteiger partial charge in [0.2, 0.25) is 0 Å². The SMILES string of the molecule is COc1ccc(NC(=S)Nc2cnn(C)c2C(=O)N2CCCCC2)c(OC)c1. The zero-order valence-electron chi connectivity index (χ0n) is 16.3. The van der Waals surface area contributed by atoms with Crippen molar-refractivity contribution in [1.29, 1.82) is 0 Å². The molecule has 2 aromatic rings. The molecule has 1 aromatic heterocycles. The van der Waals surface area contributed by atoms with Crippen LogP contribution in [-0.4, -0.2) is 53.0 Å². The molecule has 3 rings (SSSR count). The standard InChI is InChI=1S/C19H25N5O3S/c1-23-17(18(25)24-9-5-4-6-10-24)15(12-20-23)22-19(28)21-14-8-7-13(26-2)11-16(14)27-3/h7-8,11-12H,4-6,9-10H2,1-3H3,(H2,21,22,28). The van der Waals surface area contributed by atoms with Crippen LogP contribution in [0.1, 0.15) is 29.8 Å². The largest absolute Gasteiger partial charge is 0.497 e. The molecule has 2 N–H and O–H groups in total. The van der Waals surface area contributed by atoms with Crippen molar-refractivity contribution in [2.24, 2.45) is 7.05 Å². The maximum absolute atomic E-state index is 12.9. The van der Waals surface area contributed by atoms with Crippen LogP contribution in [0.25, 0.3) is 0 Å². The van der Waals surface area contributed by atoms with Crippen molar-refractivity contribution >= 4 is 34.6 Å². The van der Waals surface area contributed by atoms with Gasteiger partial charge in [0, 0.05) is 26.2 Å². The summed E-state index contributed by atoms with van der Waals surface area (Å²) >= 11 is 5.43. The van der Waals surface area contributed by atoms with Crippen LogP contribution in [-0.2, 0) is 7.05 Å². The Labute approximate surface area is 169 Å². The van der Waals surface area contributed by atoms with Crippen molar-refractivity contribution in [2.75, 3.05) is 37.9 Å². The first-order valence-electron chi connectivity index (χ1n) is 9.14. The van der Waals surface area contributed by atoms with Gasteiger partial charge < -0.3 is 25.0 Å². The molecule has 0 atom stereocenters. The maximum Gasteiger partial charge on any atom is 0.274 e. The number of nitrogens with one attached hydrogen (secondary N) is 2. The van der Waals surface area contributed by atoms with E-state index in [0.717, 1.165) is 32.4 Å². The van der Waals surface area contributed by atoms with Crippen LogP contribution in [0.3, 0.4) is 0 Å². The number of amides is 1. The Balaban J connectivity index is 1.74. The summed E-state index contributed by atoms with van der Waals surface area (Å²) in [5.41, 5.74) is 1.75. The highest BCUT2D eigenvalue weighted by atomic mass is 32.1. The smallest absolute Gasteiger partial charge is 0.274 e. The number of piperidine rings is 1. The summed E-state index contributed by atoms with van der Waals surface area (Å²) in [6, 6.07) is 5.39. The molecule has 1 aromatic carbocycles. The molecule has 9 heteroatoms. The van der Waals surface area contributed by atoms with Gasteiger partial charge in [0.05, 0.1) is 31.8 Å². The lowest BCUT2D eigenvalue weighted by atomic mass is 10.1. The highest BCUT2D eigenvalue weighted by Gasteiger charge is 2.24. The Hall–Kier alpha value is -2.81. The number of carbonyl (C=O) groups is 1. The fraction of sp³-hybridized carbons (Fsp3) is 0.421. The van der Waals surface area contributed by atoms with E-state index in [1.807, 2.05) is 17.0 Å². The molecule has 8 nitrogen and oxygen atoms in total. The monoisotopic (exact) mass is 403 g/mol. The number of benzene rings is 1. The lowest BCUT2D eigenvalue weighted by Crippen LogP contribution is -2.37. The molecule has 0 unspecified atom stereocenters. The van der Waals surface area contributed by atoms with E-state index in [1.54, 1.807) is 38.2 Å². The van der Waals surface area contributed by atoms with E-state index >= 15 is 0 Å². The number of hydrogen-bond acceptors (Lipinski definition) is 5. The minimum atomic E-state index is -0.0352. The first-order chi connectivity index (χ1) is 13.5. The quantitative estimate of drug-likeness (QED) is 0.743. The number of hydrogen-bond donors (Lipinski definition) is 2. The second-order valence-electron chi connectivity index (χ2n) is 6.53. The average molecular weight is 404 g/mol. The molecule has 0 saturated carbocycles. The van der Waals surface area contributed by atoms with Crippen molar-refractivity contribution in [3.8, 4) is 11.5 Å². The lowest BCUT2D eigenvalue weighted by molar-refractivity contribution is 0.0714. The fourth-order valence-corrected chi connectivity index (χ4v) is 3.43. The molecule has 0 radical (unpaired) electrons. The number of rotatable bonds is 5. The van der Waals surface area contributed by atoms with Gasteiger partial charge in [0.15, 0.2) is 5.11 Å². The van der Waals surface area contributed by atoms with E-state index in [4.69, 9.17) is 21.7 Å². The first kappa shape index (κ1) is 19.9. The van der Waals surface area contributed by atoms with Gasteiger partial charge in [-0.05, 0) is 43.6 Å². The van der Waals surface area contributed by atoms with Crippen molar-refractivity contribution in [3.63, 3.8) is 0 Å². The molecule has 28 heavy (non-hydrogen) atoms. The molecule has 0 aliphatic carbocycles. The summed E-state index contributed by atoms with van der Waals surface area (Å²) in [6.07, 6.45) is 4.83. The van der Waals surface area contributed by atoms with Crippen LogP contribution in [0.4, 0.5) is 11.4 Å². The Morgan fingerprint density at radius 2 is 1.82 bits per heavy atom. The predicted molar refractivity (Wildman–Crippen MR) is 112 cm³/mol. The zero-order valence-corrected chi connectivity index (χ0v) is 17.1. The van der Waals surface area contributed by atoms with Crippen LogP contribution in [0.5, 0.6) is 11.5 Å². The number of carbonyl (C=O) groups excluding carboxylic acids is 1. The van der Waals surface area contributed by atoms with Crippen molar-refractivity contribution in [2.45, 2.75) is 19.3 Å². The lowest BCUT2D eigenvalue weighted by Gasteiger charge is -2.27. The summed E-state index contributed by atoms with van der Waals surface area (Å²) < 4.78 is 12.2. The number of ether oxygens (including phenoxy) is 2. The van der Waals surface area contributed by atoms with E-state index in [-0.39, 0.29) is 5.91 Å². The number of likely N-dealkylation sites (tertiary alicyclic amines) is 1. The van der Waals surface area contributed by atoms with Gasteiger partial charge in [-0.15, -0.1) is 0 Å². The van der Waals surface area contributed by atoms with Gasteiger partial charge in [0.1, 0.15) is 17.2 Å². The molecule has 0 spiro atoms. The third kappa shape index (κ3) is 4.36. The van der Waals surface area contributed by atoms with Gasteiger partial charge >= 0.3 is 0 Å². The zero-order chi connectivity index (χ0) is 20.1. The second-order valence-corrected chi connectivity index (χ2v) is 6.94. The van der Waals surface area contributed by atoms with Crippen molar-refractivity contribution in [1.82, 2.24) is 14.7 Å². The Kier molecular flexibility index (Phi) is 6.35. The van der Waals surface area contributed by atoms with E-state index in [9.17, 15) is 4.79 Å². The number of aromatic nitrogens is 2. The summed E-state index contributed by atoms with van der Waals surface area (Å²) in [5.74, 6) is 1.24. The second kappa shape index (κ2) is 8.92.